The van der Waals surface area contributed by atoms with Gasteiger partial charge in [-0.3, -0.25) is 0 Å². The molecule has 0 saturated carbocycles. The summed E-state index contributed by atoms with van der Waals surface area (Å²) in [6.07, 6.45) is 0. The van der Waals surface area contributed by atoms with Crippen LogP contribution in [0.15, 0.2) is 84.9 Å². The minimum absolute atomic E-state index is 0.205. The van der Waals surface area contributed by atoms with Gasteiger partial charge in [0.2, 0.25) is 0 Å². The Labute approximate surface area is 148 Å². The number of benzene rings is 3. The van der Waals surface area contributed by atoms with E-state index in [4.69, 9.17) is 0 Å². The molecule has 0 N–H and O–H groups in total. The van der Waals surface area contributed by atoms with E-state index in [1.807, 2.05) is 0 Å². The molecule has 0 aliphatic heterocycles. The molecule has 0 radical (unpaired) electrons. The summed E-state index contributed by atoms with van der Waals surface area (Å²) in [5, 5.41) is 0. The van der Waals surface area contributed by atoms with Crippen LogP contribution >= 0.6 is 0 Å². The van der Waals surface area contributed by atoms with E-state index in [-0.39, 0.29) is 4.25 Å². The van der Waals surface area contributed by atoms with Crippen molar-refractivity contribution in [3.63, 3.8) is 0 Å². The standard InChI is InChI=1S/C23H26Ge/c1-19-12-11-17-22(18-19)24(23(2,3)4,20-13-7-5-8-14-20)21-15-9-6-10-16-21/h5-18H,1-4H3. The predicted molar refractivity (Wildman–Crippen MR) is 108 cm³/mol. The van der Waals surface area contributed by atoms with E-state index in [1.54, 1.807) is 4.40 Å². The molecule has 0 nitrogen and oxygen atoms in total. The van der Waals surface area contributed by atoms with Crippen molar-refractivity contribution < 1.29 is 0 Å². The van der Waals surface area contributed by atoms with Gasteiger partial charge in [-0.15, -0.1) is 0 Å². The predicted octanol–water partition coefficient (Wildman–Crippen LogP) is 4.27. The van der Waals surface area contributed by atoms with Crippen LogP contribution in [0, 0.1) is 6.92 Å². The first-order chi connectivity index (χ1) is 11.5. The maximum absolute atomic E-state index is 2.84. The van der Waals surface area contributed by atoms with Gasteiger partial charge in [-0.2, -0.15) is 0 Å². The molecule has 0 unspecified atom stereocenters. The molecule has 1 heteroatoms. The summed E-state index contributed by atoms with van der Waals surface area (Å²) in [7, 11) is 0. The SMILES string of the molecule is Cc1ccc[c]([Ge]([c]2ccccc2)([c]2ccccc2)[C](C)(C)C)c1. The van der Waals surface area contributed by atoms with Crippen LogP contribution in [0.5, 0.6) is 0 Å². The third kappa shape index (κ3) is 2.84. The van der Waals surface area contributed by atoms with Gasteiger partial charge in [-0.25, -0.2) is 0 Å². The van der Waals surface area contributed by atoms with Gasteiger partial charge in [0.15, 0.2) is 0 Å². The number of hydrogen-bond donors (Lipinski definition) is 0. The first-order valence-electron chi connectivity index (χ1n) is 8.64. The van der Waals surface area contributed by atoms with Crippen molar-refractivity contribution in [1.29, 1.82) is 0 Å². The van der Waals surface area contributed by atoms with Gasteiger partial charge in [0, 0.05) is 0 Å². The summed E-state index contributed by atoms with van der Waals surface area (Å²) in [4.78, 5) is 0. The molecule has 0 spiro atoms. The zero-order valence-corrected chi connectivity index (χ0v) is 17.2. The zero-order valence-electron chi connectivity index (χ0n) is 15.1. The van der Waals surface area contributed by atoms with Crippen molar-refractivity contribution in [3.8, 4) is 0 Å². The van der Waals surface area contributed by atoms with Crippen LogP contribution in [0.3, 0.4) is 0 Å². The molecule has 0 bridgehead atoms. The molecule has 0 aliphatic rings. The Balaban J connectivity index is 2.43. The Bertz CT molecular complexity index is 759. The van der Waals surface area contributed by atoms with Gasteiger partial charge >= 0.3 is 149 Å². The third-order valence-electron chi connectivity index (χ3n) is 4.99. The summed E-state index contributed by atoms with van der Waals surface area (Å²) in [5.74, 6) is 0. The Morgan fingerprint density at radius 1 is 0.583 bits per heavy atom. The summed E-state index contributed by atoms with van der Waals surface area (Å²) >= 11 is -2.84. The summed E-state index contributed by atoms with van der Waals surface area (Å²) < 4.78 is 4.81. The van der Waals surface area contributed by atoms with Crippen molar-refractivity contribution in [2.75, 3.05) is 0 Å². The van der Waals surface area contributed by atoms with Crippen molar-refractivity contribution in [1.82, 2.24) is 0 Å². The topological polar surface area (TPSA) is 0 Å². The maximum atomic E-state index is 2.43. The van der Waals surface area contributed by atoms with Crippen LogP contribution in [-0.2, 0) is 0 Å². The quantitative estimate of drug-likeness (QED) is 0.600. The van der Waals surface area contributed by atoms with E-state index in [2.05, 4.69) is 113 Å². The van der Waals surface area contributed by atoms with E-state index in [1.165, 1.54) is 14.4 Å². The monoisotopic (exact) mass is 376 g/mol. The van der Waals surface area contributed by atoms with E-state index < -0.39 is 13.3 Å². The molecule has 3 aromatic rings. The average molecular weight is 375 g/mol. The Kier molecular flexibility index (Phi) is 4.69. The number of rotatable bonds is 3. The zero-order chi connectivity index (χ0) is 17.2. The van der Waals surface area contributed by atoms with E-state index in [0.29, 0.717) is 0 Å². The molecule has 0 heterocycles. The second-order valence-electron chi connectivity index (χ2n) is 7.60. The molecule has 0 saturated heterocycles. The van der Waals surface area contributed by atoms with Crippen molar-refractivity contribution >= 4 is 26.5 Å². The molecule has 3 rings (SSSR count). The fourth-order valence-electron chi connectivity index (χ4n) is 4.05. The summed E-state index contributed by atoms with van der Waals surface area (Å²) in [5.41, 5.74) is 1.35. The first kappa shape index (κ1) is 17.0. The Hall–Kier alpha value is -1.80. The molecule has 24 heavy (non-hydrogen) atoms. The summed E-state index contributed by atoms with van der Waals surface area (Å²) in [6, 6.07) is 31.6. The minimum atomic E-state index is -2.84. The molecular formula is C23H26Ge. The van der Waals surface area contributed by atoms with Gasteiger partial charge < -0.3 is 0 Å². The van der Waals surface area contributed by atoms with Gasteiger partial charge in [-0.05, 0) is 0 Å². The van der Waals surface area contributed by atoms with Crippen molar-refractivity contribution in [3.05, 3.63) is 90.5 Å². The first-order valence-corrected chi connectivity index (χ1v) is 12.8. The third-order valence-corrected chi connectivity index (χ3v) is 17.2. The Morgan fingerprint density at radius 2 is 1.04 bits per heavy atom. The van der Waals surface area contributed by atoms with Crippen LogP contribution in [0.25, 0.3) is 0 Å². The fraction of sp³-hybridized carbons (Fsp3) is 0.217. The van der Waals surface area contributed by atoms with Crippen molar-refractivity contribution in [2.24, 2.45) is 0 Å². The fourth-order valence-corrected chi connectivity index (χ4v) is 16.2. The molecule has 0 amide bonds. The molecule has 3 aromatic carbocycles. The molecule has 0 aromatic heterocycles. The second-order valence-corrected chi connectivity index (χ2v) is 17.5. The van der Waals surface area contributed by atoms with Gasteiger partial charge in [0.05, 0.1) is 0 Å². The van der Waals surface area contributed by atoms with Crippen LogP contribution in [0.4, 0.5) is 0 Å². The van der Waals surface area contributed by atoms with Crippen LogP contribution < -0.4 is 13.2 Å². The van der Waals surface area contributed by atoms with Crippen LogP contribution in [-0.4, -0.2) is 13.3 Å². The number of hydrogen-bond acceptors (Lipinski definition) is 0. The van der Waals surface area contributed by atoms with Gasteiger partial charge in [0.1, 0.15) is 0 Å². The Morgan fingerprint density at radius 3 is 1.46 bits per heavy atom. The van der Waals surface area contributed by atoms with E-state index >= 15 is 0 Å². The van der Waals surface area contributed by atoms with E-state index in [0.717, 1.165) is 0 Å². The van der Waals surface area contributed by atoms with Gasteiger partial charge in [-0.1, -0.05) is 0 Å². The van der Waals surface area contributed by atoms with Crippen LogP contribution in [0.1, 0.15) is 26.3 Å². The molecule has 0 fully saturated rings. The van der Waals surface area contributed by atoms with Gasteiger partial charge in [0.25, 0.3) is 0 Å². The number of aryl methyl sites for hydroxylation is 1. The van der Waals surface area contributed by atoms with Crippen LogP contribution in [0.2, 0.25) is 4.25 Å². The molecule has 0 atom stereocenters. The molecule has 0 aliphatic carbocycles. The van der Waals surface area contributed by atoms with Crippen molar-refractivity contribution in [2.45, 2.75) is 31.9 Å². The average Bonchev–Trinajstić information content (AvgIpc) is 2.56. The summed E-state index contributed by atoms with van der Waals surface area (Å²) in [6.45, 7) is 9.48. The molecular weight excluding hydrogens is 349 g/mol. The second kappa shape index (κ2) is 6.60. The van der Waals surface area contributed by atoms with E-state index in [9.17, 15) is 0 Å². The molecule has 122 valence electrons. The normalized spacial score (nSPS) is 12.2.